The lowest BCUT2D eigenvalue weighted by Crippen LogP contribution is -2.43. The van der Waals surface area contributed by atoms with Gasteiger partial charge in [-0.05, 0) is 44.9 Å². The fraction of sp³-hybridized carbons (Fsp3) is 1.00. The summed E-state index contributed by atoms with van der Waals surface area (Å²) in [6.07, 6.45) is 8.05. The van der Waals surface area contributed by atoms with E-state index in [-0.39, 0.29) is 14.0 Å². The molecule has 0 amide bonds. The van der Waals surface area contributed by atoms with Crippen LogP contribution in [0.3, 0.4) is 0 Å². The van der Waals surface area contributed by atoms with Gasteiger partial charge in [-0.2, -0.15) is 0 Å². The molecule has 0 aromatic rings. The highest BCUT2D eigenvalue weighted by Crippen LogP contribution is 2.61. The second kappa shape index (κ2) is 6.24. The molecule has 2 nitrogen and oxygen atoms in total. The van der Waals surface area contributed by atoms with Gasteiger partial charge in [0.05, 0.1) is 5.60 Å². The maximum absolute atomic E-state index is 6.46. The third-order valence-corrected chi connectivity index (χ3v) is 6.77. The van der Waals surface area contributed by atoms with Gasteiger partial charge in [0, 0.05) is 39.6 Å². The molecule has 0 spiro atoms. The van der Waals surface area contributed by atoms with E-state index in [0.717, 1.165) is 24.4 Å². The summed E-state index contributed by atoms with van der Waals surface area (Å²) in [5.74, 6) is 2.56. The monoisotopic (exact) mass is 290 g/mol. The lowest BCUT2D eigenvalue weighted by Gasteiger charge is -2.36. The topological polar surface area (TPSA) is 12.5 Å². The first-order chi connectivity index (χ1) is 9.52. The van der Waals surface area contributed by atoms with Gasteiger partial charge in [0.1, 0.15) is 0 Å². The summed E-state index contributed by atoms with van der Waals surface area (Å²) in [5.41, 5.74) is 0.563. The second-order valence-electron chi connectivity index (χ2n) is 8.04. The number of unbranched alkanes of at least 4 members (excludes halogenated alkanes) is 3. The predicted molar refractivity (Wildman–Crippen MR) is 89.6 cm³/mol. The minimum Gasteiger partial charge on any atom is -0.374 e. The highest BCUT2D eigenvalue weighted by molar-refractivity contribution is 5.75. The molecule has 3 aliphatic rings. The Hall–Kier alpha value is -0.0151. The van der Waals surface area contributed by atoms with E-state index in [4.69, 9.17) is 4.74 Å². The van der Waals surface area contributed by atoms with Crippen LogP contribution in [-0.2, 0) is 4.74 Å². The second-order valence-corrected chi connectivity index (χ2v) is 8.04. The summed E-state index contributed by atoms with van der Waals surface area (Å²) in [5, 5.41) is 0. The molecule has 3 radical (unpaired) electrons. The highest BCUT2D eigenvalue weighted by Gasteiger charge is 2.67. The van der Waals surface area contributed by atoms with Crippen LogP contribution in [0, 0.1) is 17.8 Å². The Morgan fingerprint density at radius 3 is 2.62 bits per heavy atom. The number of hydrogen-bond donors (Lipinski definition) is 0. The highest BCUT2D eigenvalue weighted by atomic mass is 16.5. The molecule has 1 saturated carbocycles. The Bertz CT molecular complexity index is 363. The van der Waals surface area contributed by atoms with E-state index < -0.39 is 0 Å². The van der Waals surface area contributed by atoms with E-state index in [0.29, 0.717) is 5.54 Å². The molecule has 1 aliphatic carbocycles. The number of nitrogens with zero attached hydrogens (tertiary/aromatic N) is 1. The maximum Gasteiger partial charge on any atom is 0.0826 e. The summed E-state index contributed by atoms with van der Waals surface area (Å²) in [4.78, 5) is 2.77. The van der Waals surface area contributed by atoms with E-state index in [1.54, 1.807) is 0 Å². The van der Waals surface area contributed by atoms with Crippen LogP contribution in [0.1, 0.15) is 66.2 Å². The van der Waals surface area contributed by atoms with Crippen LogP contribution < -0.4 is 0 Å². The molecular formula is C18H33BNO. The SMILES string of the molecule is CCCCCCO[C@]1(C)CN2C[C@@H](C)[C@@H]3CC[C@H]1[C@@]32C.[B]. The Balaban J connectivity index is 0.00000161. The van der Waals surface area contributed by atoms with Crippen molar-refractivity contribution in [1.82, 2.24) is 4.90 Å². The van der Waals surface area contributed by atoms with E-state index in [2.05, 4.69) is 32.6 Å². The van der Waals surface area contributed by atoms with Gasteiger partial charge in [-0.25, -0.2) is 0 Å². The fourth-order valence-corrected chi connectivity index (χ4v) is 5.80. The summed E-state index contributed by atoms with van der Waals surface area (Å²) in [6, 6.07) is 0. The molecule has 119 valence electrons. The van der Waals surface area contributed by atoms with Crippen molar-refractivity contribution >= 4 is 8.41 Å². The van der Waals surface area contributed by atoms with Gasteiger partial charge in [-0.1, -0.05) is 33.1 Å². The molecule has 0 bridgehead atoms. The van der Waals surface area contributed by atoms with Crippen molar-refractivity contribution in [1.29, 1.82) is 0 Å². The molecular weight excluding hydrogens is 257 g/mol. The molecule has 3 heteroatoms. The lowest BCUT2D eigenvalue weighted by molar-refractivity contribution is -0.0581. The van der Waals surface area contributed by atoms with Crippen LogP contribution in [0.15, 0.2) is 0 Å². The molecule has 0 aromatic carbocycles. The van der Waals surface area contributed by atoms with E-state index in [1.807, 2.05) is 0 Å². The van der Waals surface area contributed by atoms with Gasteiger partial charge in [0.2, 0.25) is 0 Å². The fourth-order valence-electron chi connectivity index (χ4n) is 5.80. The van der Waals surface area contributed by atoms with Crippen molar-refractivity contribution < 1.29 is 4.74 Å². The molecule has 3 fully saturated rings. The number of rotatable bonds is 6. The standard InChI is InChI=1S/C18H33NO.B/c1-5-6-7-8-11-20-17(3)13-19-12-14(2)15-9-10-16(17)18(15,19)4;/h14-16H,5-13H2,1-4H3;/t14-,15+,16-,17-,18-;/m1./s1. The zero-order valence-corrected chi connectivity index (χ0v) is 14.5. The van der Waals surface area contributed by atoms with Crippen LogP contribution in [0.25, 0.3) is 0 Å². The van der Waals surface area contributed by atoms with Gasteiger partial charge >= 0.3 is 0 Å². The summed E-state index contributed by atoms with van der Waals surface area (Å²) < 4.78 is 6.46. The first-order valence-electron chi connectivity index (χ1n) is 8.91. The molecule has 0 unspecified atom stereocenters. The molecule has 3 rings (SSSR count). The normalized spacial score (nSPS) is 44.9. The molecule has 2 saturated heterocycles. The third kappa shape index (κ3) is 2.59. The molecule has 0 N–H and O–H groups in total. The van der Waals surface area contributed by atoms with Gasteiger partial charge in [0.15, 0.2) is 0 Å². The van der Waals surface area contributed by atoms with Gasteiger partial charge in [0.25, 0.3) is 0 Å². The molecule has 21 heavy (non-hydrogen) atoms. The Kier molecular flexibility index (Phi) is 5.15. The smallest absolute Gasteiger partial charge is 0.0826 e. The summed E-state index contributed by atoms with van der Waals surface area (Å²) >= 11 is 0. The van der Waals surface area contributed by atoms with Crippen molar-refractivity contribution in [3.05, 3.63) is 0 Å². The minimum absolute atomic E-state index is 0. The number of ether oxygens (including phenoxy) is 1. The van der Waals surface area contributed by atoms with E-state index >= 15 is 0 Å². The average molecular weight is 290 g/mol. The third-order valence-electron chi connectivity index (χ3n) is 6.77. The average Bonchev–Trinajstić information content (AvgIpc) is 2.94. The van der Waals surface area contributed by atoms with Gasteiger partial charge in [-0.3, -0.25) is 4.90 Å². The Morgan fingerprint density at radius 2 is 1.90 bits per heavy atom. The molecule has 2 heterocycles. The Morgan fingerprint density at radius 1 is 1.14 bits per heavy atom. The van der Waals surface area contributed by atoms with Crippen molar-refractivity contribution in [2.24, 2.45) is 17.8 Å². The van der Waals surface area contributed by atoms with Crippen molar-refractivity contribution in [3.63, 3.8) is 0 Å². The van der Waals surface area contributed by atoms with Crippen LogP contribution in [0.2, 0.25) is 0 Å². The molecule has 5 atom stereocenters. The van der Waals surface area contributed by atoms with Gasteiger partial charge in [-0.15, -0.1) is 0 Å². The van der Waals surface area contributed by atoms with Crippen LogP contribution >= 0.6 is 0 Å². The molecule has 2 aliphatic heterocycles. The lowest BCUT2D eigenvalue weighted by atomic mass is 9.77. The largest absolute Gasteiger partial charge is 0.374 e. The van der Waals surface area contributed by atoms with Crippen molar-refractivity contribution in [2.75, 3.05) is 19.7 Å². The summed E-state index contributed by atoms with van der Waals surface area (Å²) in [7, 11) is 0. The maximum atomic E-state index is 6.46. The Labute approximate surface area is 133 Å². The quantitative estimate of drug-likeness (QED) is 0.546. The van der Waals surface area contributed by atoms with E-state index in [1.165, 1.54) is 51.6 Å². The van der Waals surface area contributed by atoms with Gasteiger partial charge < -0.3 is 4.74 Å². The van der Waals surface area contributed by atoms with Crippen LogP contribution in [0.4, 0.5) is 0 Å². The van der Waals surface area contributed by atoms with E-state index in [9.17, 15) is 0 Å². The van der Waals surface area contributed by atoms with Crippen molar-refractivity contribution in [3.8, 4) is 0 Å². The van der Waals surface area contributed by atoms with Crippen LogP contribution in [-0.4, -0.2) is 44.1 Å². The zero-order chi connectivity index (χ0) is 14.4. The molecule has 0 aromatic heterocycles. The van der Waals surface area contributed by atoms with Crippen molar-refractivity contribution in [2.45, 2.75) is 77.4 Å². The van der Waals surface area contributed by atoms with Crippen LogP contribution in [0.5, 0.6) is 0 Å². The number of hydrogen-bond acceptors (Lipinski definition) is 2. The minimum atomic E-state index is 0. The first kappa shape index (κ1) is 17.3. The summed E-state index contributed by atoms with van der Waals surface area (Å²) in [6.45, 7) is 13.1. The predicted octanol–water partition coefficient (Wildman–Crippen LogP) is 3.71. The first-order valence-corrected chi connectivity index (χ1v) is 8.91. The zero-order valence-electron chi connectivity index (χ0n) is 14.5.